The summed E-state index contributed by atoms with van der Waals surface area (Å²) < 4.78 is 45.0. The molecule has 2 aliphatic heterocycles. The number of piperidine rings is 1. The zero-order valence-electron chi connectivity index (χ0n) is 20.5. The SMILES string of the molecule is COc1cc(-c2cnc3cc(OC4C[C@H]5CC[C@@H](C4)N5)ccn23)cc(OC(F)F)c1C(=O)CC1CC1.Cl. The number of nitrogens with zero attached hydrogens (tertiary/aromatic N) is 2. The highest BCUT2D eigenvalue weighted by Gasteiger charge is 2.34. The van der Waals surface area contributed by atoms with Crippen LogP contribution in [0.3, 0.4) is 0 Å². The van der Waals surface area contributed by atoms with Crippen LogP contribution in [0.5, 0.6) is 17.2 Å². The zero-order valence-corrected chi connectivity index (χ0v) is 21.3. The summed E-state index contributed by atoms with van der Waals surface area (Å²) in [6, 6.07) is 7.99. The Kier molecular flexibility index (Phi) is 7.27. The number of methoxy groups -OCH3 is 1. The number of pyridine rings is 1. The van der Waals surface area contributed by atoms with E-state index < -0.39 is 6.61 Å². The van der Waals surface area contributed by atoms with E-state index in [0.717, 1.165) is 31.4 Å². The van der Waals surface area contributed by atoms with Gasteiger partial charge in [0.25, 0.3) is 0 Å². The average Bonchev–Trinajstić information content (AvgIpc) is 3.46. The number of fused-ring (bicyclic) bond motifs is 3. The van der Waals surface area contributed by atoms with Gasteiger partial charge in [-0.15, -0.1) is 12.4 Å². The van der Waals surface area contributed by atoms with Gasteiger partial charge >= 0.3 is 6.61 Å². The summed E-state index contributed by atoms with van der Waals surface area (Å²) in [6.45, 7) is -3.07. The van der Waals surface area contributed by atoms with Crippen molar-refractivity contribution in [1.29, 1.82) is 0 Å². The zero-order chi connectivity index (χ0) is 24.8. The van der Waals surface area contributed by atoms with Gasteiger partial charge in [0, 0.05) is 36.3 Å². The lowest BCUT2D eigenvalue weighted by atomic mass is 10.00. The lowest BCUT2D eigenvalue weighted by Crippen LogP contribution is -2.42. The van der Waals surface area contributed by atoms with Crippen LogP contribution in [0.25, 0.3) is 16.9 Å². The Bertz CT molecular complexity index is 1280. The fourth-order valence-electron chi connectivity index (χ4n) is 5.59. The van der Waals surface area contributed by atoms with Crippen LogP contribution < -0.4 is 19.5 Å². The smallest absolute Gasteiger partial charge is 0.387 e. The van der Waals surface area contributed by atoms with E-state index in [0.29, 0.717) is 41.3 Å². The number of halogens is 3. The highest BCUT2D eigenvalue weighted by molar-refractivity contribution is 6.02. The van der Waals surface area contributed by atoms with Gasteiger partial charge < -0.3 is 19.5 Å². The number of imidazole rings is 1. The minimum atomic E-state index is -3.07. The molecule has 6 rings (SSSR count). The first-order valence-corrected chi connectivity index (χ1v) is 12.6. The number of nitrogens with one attached hydrogen (secondary N) is 1. The molecule has 3 aliphatic rings. The van der Waals surface area contributed by atoms with Crippen molar-refractivity contribution in [3.63, 3.8) is 0 Å². The first kappa shape index (κ1) is 25.7. The Morgan fingerprint density at radius 1 is 1.14 bits per heavy atom. The van der Waals surface area contributed by atoms with Crippen molar-refractivity contribution in [3.05, 3.63) is 42.2 Å². The average molecular weight is 534 g/mol. The molecule has 2 saturated heterocycles. The van der Waals surface area contributed by atoms with E-state index in [1.807, 2.05) is 22.7 Å². The molecule has 1 saturated carbocycles. The van der Waals surface area contributed by atoms with Gasteiger partial charge in [0.05, 0.1) is 19.0 Å². The summed E-state index contributed by atoms with van der Waals surface area (Å²) in [7, 11) is 1.42. The molecule has 3 aromatic rings. The molecule has 4 heterocycles. The minimum absolute atomic E-state index is 0. The number of rotatable bonds is 9. The van der Waals surface area contributed by atoms with Crippen LogP contribution in [0, 0.1) is 5.92 Å². The van der Waals surface area contributed by atoms with Gasteiger partial charge in [-0.25, -0.2) is 4.98 Å². The van der Waals surface area contributed by atoms with Crippen molar-refractivity contribution >= 4 is 23.8 Å². The molecular formula is C27H30ClF2N3O4. The van der Waals surface area contributed by atoms with Crippen molar-refractivity contribution in [2.24, 2.45) is 5.92 Å². The molecular weight excluding hydrogens is 504 g/mol. The van der Waals surface area contributed by atoms with Gasteiger partial charge in [-0.05, 0) is 62.6 Å². The van der Waals surface area contributed by atoms with E-state index in [9.17, 15) is 13.6 Å². The van der Waals surface area contributed by atoms with Crippen molar-refractivity contribution < 1.29 is 27.8 Å². The predicted octanol–water partition coefficient (Wildman–Crippen LogP) is 5.68. The molecule has 0 spiro atoms. The van der Waals surface area contributed by atoms with Crippen LogP contribution in [0.15, 0.2) is 36.7 Å². The second-order valence-electron chi connectivity index (χ2n) is 10.1. The fraction of sp³-hybridized carbons (Fsp3) is 0.481. The number of hydrogen-bond acceptors (Lipinski definition) is 6. The molecule has 2 bridgehead atoms. The predicted molar refractivity (Wildman–Crippen MR) is 136 cm³/mol. The summed E-state index contributed by atoms with van der Waals surface area (Å²) in [6.07, 6.45) is 10.4. The van der Waals surface area contributed by atoms with Crippen LogP contribution >= 0.6 is 12.4 Å². The lowest BCUT2D eigenvalue weighted by Gasteiger charge is -2.29. The molecule has 0 radical (unpaired) electrons. The summed E-state index contributed by atoms with van der Waals surface area (Å²) in [5.41, 5.74) is 1.95. The van der Waals surface area contributed by atoms with Crippen LogP contribution in [0.4, 0.5) is 8.78 Å². The number of hydrogen-bond donors (Lipinski definition) is 1. The Morgan fingerprint density at radius 2 is 1.86 bits per heavy atom. The maximum Gasteiger partial charge on any atom is 0.387 e. The number of alkyl halides is 2. The molecule has 2 aromatic heterocycles. The molecule has 1 unspecified atom stereocenters. The molecule has 1 aromatic carbocycles. The Balaban J connectivity index is 0.00000280. The third-order valence-corrected chi connectivity index (χ3v) is 7.46. The van der Waals surface area contributed by atoms with E-state index in [4.69, 9.17) is 14.2 Å². The van der Waals surface area contributed by atoms with Gasteiger partial charge in [-0.2, -0.15) is 8.78 Å². The molecule has 3 fully saturated rings. The summed E-state index contributed by atoms with van der Waals surface area (Å²) in [5, 5.41) is 3.62. The Labute approximate surface area is 219 Å². The van der Waals surface area contributed by atoms with E-state index in [2.05, 4.69) is 10.3 Å². The molecule has 3 atom stereocenters. The van der Waals surface area contributed by atoms with E-state index >= 15 is 0 Å². The van der Waals surface area contributed by atoms with Crippen molar-refractivity contribution in [2.75, 3.05) is 7.11 Å². The summed E-state index contributed by atoms with van der Waals surface area (Å²) in [4.78, 5) is 17.4. The van der Waals surface area contributed by atoms with Crippen molar-refractivity contribution in [2.45, 2.75) is 69.7 Å². The third-order valence-electron chi connectivity index (χ3n) is 7.46. The molecule has 198 valence electrons. The van der Waals surface area contributed by atoms with E-state index in [1.165, 1.54) is 26.0 Å². The second kappa shape index (κ2) is 10.5. The summed E-state index contributed by atoms with van der Waals surface area (Å²) in [5.74, 6) is 0.843. The largest absolute Gasteiger partial charge is 0.496 e. The number of Topliss-reactive ketones (excluding diaryl/α,β-unsaturated/α-hetero) is 1. The van der Waals surface area contributed by atoms with Gasteiger partial charge in [0.15, 0.2) is 5.78 Å². The van der Waals surface area contributed by atoms with Crippen LogP contribution in [-0.2, 0) is 0 Å². The van der Waals surface area contributed by atoms with Gasteiger partial charge in [0.2, 0.25) is 0 Å². The van der Waals surface area contributed by atoms with Gasteiger partial charge in [-0.3, -0.25) is 9.20 Å². The van der Waals surface area contributed by atoms with Crippen LogP contribution in [0.2, 0.25) is 0 Å². The summed E-state index contributed by atoms with van der Waals surface area (Å²) >= 11 is 0. The highest BCUT2D eigenvalue weighted by Crippen LogP contribution is 2.40. The van der Waals surface area contributed by atoms with Crippen LogP contribution in [0.1, 0.15) is 55.3 Å². The number of ether oxygens (including phenoxy) is 3. The Morgan fingerprint density at radius 3 is 2.54 bits per heavy atom. The topological polar surface area (TPSA) is 74.1 Å². The number of ketones is 1. The molecule has 10 heteroatoms. The number of benzene rings is 1. The third kappa shape index (κ3) is 5.38. The standard InChI is InChI=1S/C27H29F2N3O4.ClH/c1-34-23-9-16(10-24(36-27(28)29)26(23)22(33)8-15-2-3-15)21-14-30-25-13-19(6-7-32(21)25)35-20-11-17-4-5-18(12-20)31-17;/h6-7,9-10,13-15,17-18,20,27,31H,2-5,8,11-12H2,1H3;1H/t17-,18+,20?;. The maximum atomic E-state index is 13.3. The monoisotopic (exact) mass is 533 g/mol. The van der Waals surface area contributed by atoms with Gasteiger partial charge in [0.1, 0.15) is 34.6 Å². The molecule has 37 heavy (non-hydrogen) atoms. The first-order chi connectivity index (χ1) is 17.5. The molecule has 7 nitrogen and oxygen atoms in total. The normalized spacial score (nSPS) is 22.6. The number of carbonyl (C=O) groups is 1. The molecule has 0 amide bonds. The number of aromatic nitrogens is 2. The lowest BCUT2D eigenvalue weighted by molar-refractivity contribution is -0.0502. The fourth-order valence-corrected chi connectivity index (χ4v) is 5.59. The van der Waals surface area contributed by atoms with Crippen LogP contribution in [-0.4, -0.2) is 47.1 Å². The quantitative estimate of drug-likeness (QED) is 0.357. The first-order valence-electron chi connectivity index (χ1n) is 12.6. The van der Waals surface area contributed by atoms with Crippen molar-refractivity contribution in [1.82, 2.24) is 14.7 Å². The molecule has 1 aliphatic carbocycles. The minimum Gasteiger partial charge on any atom is -0.496 e. The molecule has 1 N–H and O–H groups in total. The maximum absolute atomic E-state index is 13.3. The van der Waals surface area contributed by atoms with E-state index in [-0.39, 0.29) is 41.4 Å². The highest BCUT2D eigenvalue weighted by atomic mass is 35.5. The van der Waals surface area contributed by atoms with E-state index in [1.54, 1.807) is 12.3 Å². The van der Waals surface area contributed by atoms with Gasteiger partial charge in [-0.1, -0.05) is 0 Å². The second-order valence-corrected chi connectivity index (χ2v) is 10.1. The van der Waals surface area contributed by atoms with Crippen molar-refractivity contribution in [3.8, 4) is 28.5 Å². The number of carbonyl (C=O) groups excluding carboxylic acids is 1. The Hall–Kier alpha value is -2.91.